The van der Waals surface area contributed by atoms with Crippen LogP contribution in [0, 0.1) is 0 Å². The fourth-order valence-corrected chi connectivity index (χ4v) is 1.35. The highest BCUT2D eigenvalue weighted by Gasteiger charge is 2.14. The Labute approximate surface area is 92.4 Å². The van der Waals surface area contributed by atoms with Gasteiger partial charge in [0.05, 0.1) is 7.11 Å². The number of fused-ring (bicyclic) bond motifs is 1. The van der Waals surface area contributed by atoms with Crippen LogP contribution in [0.4, 0.5) is 0 Å². The number of carbonyl (C=O) groups is 1. The first-order valence-electron chi connectivity index (χ1n) is 4.66. The molecule has 0 bridgehead atoms. The number of methoxy groups -OCH3 is 1. The van der Waals surface area contributed by atoms with E-state index in [2.05, 4.69) is 4.74 Å². The third-order valence-electron chi connectivity index (χ3n) is 2.18. The minimum atomic E-state index is -0.491. The summed E-state index contributed by atoms with van der Waals surface area (Å²) in [5.74, 6) is 0.809. The molecule has 1 heterocycles. The fraction of sp³-hybridized carbons (Fsp3) is 0.182. The third kappa shape index (κ3) is 1.93. The summed E-state index contributed by atoms with van der Waals surface area (Å²) >= 11 is 0. The summed E-state index contributed by atoms with van der Waals surface area (Å²) < 4.78 is 14.8. The molecule has 84 valence electrons. The first-order chi connectivity index (χ1) is 7.70. The maximum absolute atomic E-state index is 11.0. The number of carbonyl (C=O) groups excluding carboxylic acids is 1. The Morgan fingerprint density at radius 1 is 1.44 bits per heavy atom. The molecule has 0 atom stereocenters. The molecule has 0 aromatic heterocycles. The maximum Gasteiger partial charge on any atom is 0.332 e. The van der Waals surface area contributed by atoms with Crippen molar-refractivity contribution >= 4 is 11.7 Å². The van der Waals surface area contributed by atoms with E-state index in [4.69, 9.17) is 15.2 Å². The predicted molar refractivity (Wildman–Crippen MR) is 56.7 cm³/mol. The molecule has 0 amide bonds. The molecule has 0 saturated heterocycles. The van der Waals surface area contributed by atoms with E-state index in [1.807, 2.05) is 0 Å². The quantitative estimate of drug-likeness (QED) is 0.593. The zero-order valence-electron chi connectivity index (χ0n) is 8.73. The molecular formula is C11H11NO4. The van der Waals surface area contributed by atoms with Crippen LogP contribution in [-0.4, -0.2) is 19.9 Å². The minimum Gasteiger partial charge on any atom is -0.466 e. The number of esters is 1. The van der Waals surface area contributed by atoms with Crippen LogP contribution in [0.5, 0.6) is 11.5 Å². The molecule has 5 heteroatoms. The van der Waals surface area contributed by atoms with Gasteiger partial charge in [0.25, 0.3) is 0 Å². The molecule has 0 fully saturated rings. The van der Waals surface area contributed by atoms with E-state index in [1.54, 1.807) is 18.2 Å². The summed E-state index contributed by atoms with van der Waals surface area (Å²) in [7, 11) is 1.30. The second kappa shape index (κ2) is 4.14. The Hall–Kier alpha value is -2.17. The summed E-state index contributed by atoms with van der Waals surface area (Å²) in [6, 6.07) is 5.22. The lowest BCUT2D eigenvalue weighted by molar-refractivity contribution is -0.134. The standard InChI is InChI=1S/C11H11NO4/c1-14-11(13)5-8(12)7-2-3-9-10(4-7)16-6-15-9/h2-5H,6,12H2,1H3/b8-5+. The average Bonchev–Trinajstić information content (AvgIpc) is 2.75. The molecule has 2 N–H and O–H groups in total. The lowest BCUT2D eigenvalue weighted by Gasteiger charge is -2.02. The largest absolute Gasteiger partial charge is 0.466 e. The number of benzene rings is 1. The van der Waals surface area contributed by atoms with Crippen molar-refractivity contribution in [3.8, 4) is 11.5 Å². The van der Waals surface area contributed by atoms with Gasteiger partial charge in [-0.3, -0.25) is 0 Å². The summed E-state index contributed by atoms with van der Waals surface area (Å²) in [5.41, 5.74) is 6.74. The molecule has 2 rings (SSSR count). The Morgan fingerprint density at radius 2 is 2.19 bits per heavy atom. The molecule has 0 radical (unpaired) electrons. The van der Waals surface area contributed by atoms with E-state index in [1.165, 1.54) is 13.2 Å². The second-order valence-electron chi connectivity index (χ2n) is 3.19. The molecule has 1 aromatic rings. The molecule has 1 aromatic carbocycles. The Morgan fingerprint density at radius 3 is 2.94 bits per heavy atom. The molecule has 1 aliphatic heterocycles. The van der Waals surface area contributed by atoms with Crippen molar-refractivity contribution in [2.45, 2.75) is 0 Å². The van der Waals surface area contributed by atoms with Gasteiger partial charge in [-0.2, -0.15) is 0 Å². The van der Waals surface area contributed by atoms with Gasteiger partial charge in [-0.15, -0.1) is 0 Å². The van der Waals surface area contributed by atoms with Crippen molar-refractivity contribution in [1.29, 1.82) is 0 Å². The summed E-state index contributed by atoms with van der Waals surface area (Å²) in [5, 5.41) is 0. The van der Waals surface area contributed by atoms with Gasteiger partial charge < -0.3 is 19.9 Å². The first kappa shape index (κ1) is 10.4. The minimum absolute atomic E-state index is 0.208. The van der Waals surface area contributed by atoms with Crippen LogP contribution in [-0.2, 0) is 9.53 Å². The molecule has 16 heavy (non-hydrogen) atoms. The number of nitrogens with two attached hydrogens (primary N) is 1. The smallest absolute Gasteiger partial charge is 0.332 e. The number of rotatable bonds is 2. The Kier molecular flexibility index (Phi) is 2.68. The van der Waals surface area contributed by atoms with Gasteiger partial charge in [0, 0.05) is 17.3 Å². The van der Waals surface area contributed by atoms with Gasteiger partial charge in [-0.1, -0.05) is 0 Å². The fourth-order valence-electron chi connectivity index (χ4n) is 1.35. The summed E-state index contributed by atoms with van der Waals surface area (Å²) in [6.45, 7) is 0.208. The molecule has 0 aliphatic carbocycles. The highest BCUT2D eigenvalue weighted by molar-refractivity contribution is 5.90. The van der Waals surface area contributed by atoms with E-state index >= 15 is 0 Å². The van der Waals surface area contributed by atoms with Crippen molar-refractivity contribution in [3.05, 3.63) is 29.8 Å². The van der Waals surface area contributed by atoms with E-state index in [0.29, 0.717) is 22.8 Å². The molecule has 0 saturated carbocycles. The van der Waals surface area contributed by atoms with Crippen molar-refractivity contribution in [2.75, 3.05) is 13.9 Å². The summed E-state index contributed by atoms with van der Waals surface area (Å²) in [4.78, 5) is 11.0. The molecule has 0 spiro atoms. The van der Waals surface area contributed by atoms with E-state index in [9.17, 15) is 4.79 Å². The maximum atomic E-state index is 11.0. The number of ether oxygens (including phenoxy) is 3. The van der Waals surface area contributed by atoms with Crippen LogP contribution in [0.2, 0.25) is 0 Å². The normalized spacial score (nSPS) is 13.7. The molecule has 1 aliphatic rings. The van der Waals surface area contributed by atoms with Gasteiger partial charge in [0.15, 0.2) is 11.5 Å². The van der Waals surface area contributed by atoms with Crippen LogP contribution >= 0.6 is 0 Å². The van der Waals surface area contributed by atoms with Gasteiger partial charge in [0.2, 0.25) is 6.79 Å². The van der Waals surface area contributed by atoms with E-state index in [0.717, 1.165) is 0 Å². The zero-order valence-corrected chi connectivity index (χ0v) is 8.73. The van der Waals surface area contributed by atoms with Crippen LogP contribution in [0.15, 0.2) is 24.3 Å². The monoisotopic (exact) mass is 221 g/mol. The molecule has 0 unspecified atom stereocenters. The van der Waals surface area contributed by atoms with Crippen molar-refractivity contribution in [2.24, 2.45) is 5.73 Å². The number of hydrogen-bond acceptors (Lipinski definition) is 5. The highest BCUT2D eigenvalue weighted by atomic mass is 16.7. The van der Waals surface area contributed by atoms with Crippen LogP contribution < -0.4 is 15.2 Å². The molecule has 5 nitrogen and oxygen atoms in total. The predicted octanol–water partition coefficient (Wildman–Crippen LogP) is 0.888. The van der Waals surface area contributed by atoms with Crippen molar-refractivity contribution in [3.63, 3.8) is 0 Å². The molecular weight excluding hydrogens is 210 g/mol. The van der Waals surface area contributed by atoms with Crippen molar-refractivity contribution < 1.29 is 19.0 Å². The lowest BCUT2D eigenvalue weighted by atomic mass is 10.1. The van der Waals surface area contributed by atoms with Crippen molar-refractivity contribution in [1.82, 2.24) is 0 Å². The first-order valence-corrected chi connectivity index (χ1v) is 4.66. The summed E-state index contributed by atoms with van der Waals surface area (Å²) in [6.07, 6.45) is 1.22. The van der Waals surface area contributed by atoms with E-state index < -0.39 is 5.97 Å². The lowest BCUT2D eigenvalue weighted by Crippen LogP contribution is -2.02. The average molecular weight is 221 g/mol. The van der Waals surface area contributed by atoms with E-state index in [-0.39, 0.29) is 6.79 Å². The third-order valence-corrected chi connectivity index (χ3v) is 2.18. The van der Waals surface area contributed by atoms with Gasteiger partial charge in [-0.05, 0) is 18.2 Å². The zero-order chi connectivity index (χ0) is 11.5. The van der Waals surface area contributed by atoms with Gasteiger partial charge >= 0.3 is 5.97 Å². The van der Waals surface area contributed by atoms with Gasteiger partial charge in [0.1, 0.15) is 0 Å². The SMILES string of the molecule is COC(=O)/C=C(/N)c1ccc2c(c1)OCO2. The number of hydrogen-bond donors (Lipinski definition) is 1. The topological polar surface area (TPSA) is 70.8 Å². The van der Waals surface area contributed by atoms with Crippen LogP contribution in [0.1, 0.15) is 5.56 Å². The van der Waals surface area contributed by atoms with Gasteiger partial charge in [-0.25, -0.2) is 4.79 Å². The Balaban J connectivity index is 2.28. The Bertz CT molecular complexity index is 453. The second-order valence-corrected chi connectivity index (χ2v) is 3.19. The van der Waals surface area contributed by atoms with Crippen LogP contribution in [0.3, 0.4) is 0 Å². The van der Waals surface area contributed by atoms with Crippen LogP contribution in [0.25, 0.3) is 5.70 Å². The highest BCUT2D eigenvalue weighted by Crippen LogP contribution is 2.33.